The Kier molecular flexibility index (Phi) is 10.0. The van der Waals surface area contributed by atoms with Crippen LogP contribution in [-0.2, 0) is 32.6 Å². The molecule has 0 saturated carbocycles. The van der Waals surface area contributed by atoms with Crippen molar-refractivity contribution in [3.63, 3.8) is 0 Å². The lowest BCUT2D eigenvalue weighted by atomic mass is 10.0. The maximum atomic E-state index is 14.4. The van der Waals surface area contributed by atoms with Crippen molar-refractivity contribution in [2.24, 2.45) is 0 Å². The predicted molar refractivity (Wildman–Crippen MR) is 171 cm³/mol. The third-order valence-electron chi connectivity index (χ3n) is 7.50. The number of amides is 2. The molecule has 2 amide bonds. The predicted octanol–water partition coefficient (Wildman–Crippen LogP) is 5.50. The van der Waals surface area contributed by atoms with Gasteiger partial charge in [0.15, 0.2) is 0 Å². The molecule has 4 aromatic rings. The monoisotopic (exact) mass is 597 g/mol. The van der Waals surface area contributed by atoms with E-state index in [0.29, 0.717) is 5.69 Å². The van der Waals surface area contributed by atoms with Crippen LogP contribution in [0, 0.1) is 27.7 Å². The molecule has 1 atom stereocenters. The molecular formula is C35H39N3O4S. The molecule has 0 fully saturated rings. The molecule has 0 bridgehead atoms. The van der Waals surface area contributed by atoms with Crippen LogP contribution >= 0.6 is 0 Å². The van der Waals surface area contributed by atoms with Gasteiger partial charge in [-0.3, -0.25) is 13.9 Å². The highest BCUT2D eigenvalue weighted by molar-refractivity contribution is 7.92. The quantitative estimate of drug-likeness (QED) is 0.247. The fourth-order valence-corrected chi connectivity index (χ4v) is 6.53. The Morgan fingerprint density at radius 1 is 0.744 bits per heavy atom. The lowest BCUT2D eigenvalue weighted by Crippen LogP contribution is -2.53. The van der Waals surface area contributed by atoms with Crippen LogP contribution in [0.15, 0.2) is 102 Å². The van der Waals surface area contributed by atoms with Gasteiger partial charge in [-0.05, 0) is 62.6 Å². The second-order valence-electron chi connectivity index (χ2n) is 10.9. The first-order chi connectivity index (χ1) is 20.5. The third kappa shape index (κ3) is 7.70. The van der Waals surface area contributed by atoms with Crippen molar-refractivity contribution in [1.82, 2.24) is 10.2 Å². The molecule has 0 heterocycles. The summed E-state index contributed by atoms with van der Waals surface area (Å²) in [5.74, 6) is -0.815. The third-order valence-corrected chi connectivity index (χ3v) is 9.27. The Morgan fingerprint density at radius 3 is 1.91 bits per heavy atom. The summed E-state index contributed by atoms with van der Waals surface area (Å²) in [6, 6.07) is 28.4. The number of hydrogen-bond donors (Lipinski definition) is 1. The van der Waals surface area contributed by atoms with E-state index in [4.69, 9.17) is 0 Å². The second-order valence-corrected chi connectivity index (χ2v) is 12.8. The van der Waals surface area contributed by atoms with Crippen molar-refractivity contribution in [1.29, 1.82) is 0 Å². The van der Waals surface area contributed by atoms with Crippen molar-refractivity contribution < 1.29 is 18.0 Å². The first-order valence-corrected chi connectivity index (χ1v) is 15.7. The molecule has 0 aliphatic rings. The Balaban J connectivity index is 1.81. The smallest absolute Gasteiger partial charge is 0.264 e. The molecule has 0 aliphatic carbocycles. The number of hydrogen-bond acceptors (Lipinski definition) is 4. The normalized spacial score (nSPS) is 11.9. The second kappa shape index (κ2) is 13.7. The van der Waals surface area contributed by atoms with Gasteiger partial charge >= 0.3 is 0 Å². The molecule has 224 valence electrons. The average Bonchev–Trinajstić information content (AvgIpc) is 2.99. The van der Waals surface area contributed by atoms with Gasteiger partial charge < -0.3 is 10.2 Å². The minimum Gasteiger partial charge on any atom is -0.357 e. The van der Waals surface area contributed by atoms with E-state index >= 15 is 0 Å². The Bertz CT molecular complexity index is 1670. The minimum atomic E-state index is -4.14. The zero-order valence-corrected chi connectivity index (χ0v) is 26.2. The molecule has 7 nitrogen and oxygen atoms in total. The number of nitrogens with zero attached hydrogens (tertiary/aromatic N) is 2. The van der Waals surface area contributed by atoms with Crippen molar-refractivity contribution in [2.45, 2.75) is 51.6 Å². The number of benzene rings is 4. The maximum absolute atomic E-state index is 14.4. The summed E-state index contributed by atoms with van der Waals surface area (Å²) in [6.45, 7) is 7.28. The number of sulfonamides is 1. The summed E-state index contributed by atoms with van der Waals surface area (Å²) in [6.07, 6.45) is 0.270. The van der Waals surface area contributed by atoms with E-state index in [1.807, 2.05) is 94.4 Å². The Hall–Kier alpha value is -4.43. The van der Waals surface area contributed by atoms with Crippen LogP contribution in [0.4, 0.5) is 5.69 Å². The van der Waals surface area contributed by atoms with Gasteiger partial charge in [0.25, 0.3) is 10.0 Å². The van der Waals surface area contributed by atoms with E-state index in [1.54, 1.807) is 37.4 Å². The summed E-state index contributed by atoms with van der Waals surface area (Å²) >= 11 is 0. The number of rotatable bonds is 11. The van der Waals surface area contributed by atoms with Crippen LogP contribution in [0.3, 0.4) is 0 Å². The molecule has 0 unspecified atom stereocenters. The van der Waals surface area contributed by atoms with Gasteiger partial charge in [0.1, 0.15) is 12.6 Å². The van der Waals surface area contributed by atoms with E-state index in [-0.39, 0.29) is 23.8 Å². The van der Waals surface area contributed by atoms with E-state index in [0.717, 1.165) is 33.4 Å². The highest BCUT2D eigenvalue weighted by atomic mass is 32.2. The van der Waals surface area contributed by atoms with Gasteiger partial charge in [-0.1, -0.05) is 95.6 Å². The standard InChI is InChI=1S/C35H39N3O4S/c1-25-11-16-30(17-12-25)23-37(33(35(40)36-5)22-29-9-7-6-8-10-29)34(39)24-38(32-20-15-27(3)21-28(32)4)43(41,42)31-18-13-26(2)14-19-31/h6-21,33H,22-24H2,1-5H3,(H,36,40)/t33-/m0/s1. The van der Waals surface area contributed by atoms with Crippen molar-refractivity contribution in [2.75, 3.05) is 17.9 Å². The van der Waals surface area contributed by atoms with Gasteiger partial charge in [-0.2, -0.15) is 0 Å². The SMILES string of the molecule is CNC(=O)[C@H](Cc1ccccc1)N(Cc1ccc(C)cc1)C(=O)CN(c1ccc(C)cc1C)S(=O)(=O)c1ccc(C)cc1. The molecule has 4 rings (SSSR count). The van der Waals surface area contributed by atoms with Gasteiger partial charge in [0, 0.05) is 20.0 Å². The van der Waals surface area contributed by atoms with Gasteiger partial charge in [0.2, 0.25) is 11.8 Å². The minimum absolute atomic E-state index is 0.0862. The van der Waals surface area contributed by atoms with Gasteiger partial charge in [-0.25, -0.2) is 8.42 Å². The van der Waals surface area contributed by atoms with Crippen LogP contribution in [0.5, 0.6) is 0 Å². The zero-order chi connectivity index (χ0) is 31.1. The zero-order valence-electron chi connectivity index (χ0n) is 25.4. The first kappa shape index (κ1) is 31.5. The molecule has 4 aromatic carbocycles. The Morgan fingerprint density at radius 2 is 1.33 bits per heavy atom. The number of aryl methyl sites for hydroxylation is 4. The van der Waals surface area contributed by atoms with E-state index in [2.05, 4.69) is 5.32 Å². The van der Waals surface area contributed by atoms with Crippen molar-refractivity contribution >= 4 is 27.5 Å². The lowest BCUT2D eigenvalue weighted by molar-refractivity contribution is -0.139. The van der Waals surface area contributed by atoms with Gasteiger partial charge in [0.05, 0.1) is 10.6 Å². The van der Waals surface area contributed by atoms with E-state index < -0.39 is 28.5 Å². The summed E-state index contributed by atoms with van der Waals surface area (Å²) in [7, 11) is -2.60. The molecule has 0 spiro atoms. The largest absolute Gasteiger partial charge is 0.357 e. The molecule has 1 N–H and O–H groups in total. The molecule has 0 saturated heterocycles. The highest BCUT2D eigenvalue weighted by Gasteiger charge is 2.34. The summed E-state index contributed by atoms with van der Waals surface area (Å²) in [5.41, 5.74) is 5.82. The number of likely N-dealkylation sites (N-methyl/N-ethyl adjacent to an activating group) is 1. The summed E-state index contributed by atoms with van der Waals surface area (Å²) in [4.78, 5) is 29.4. The number of nitrogens with one attached hydrogen (secondary N) is 1. The van der Waals surface area contributed by atoms with Crippen molar-refractivity contribution in [3.8, 4) is 0 Å². The maximum Gasteiger partial charge on any atom is 0.264 e. The molecule has 0 aromatic heterocycles. The number of carbonyl (C=O) groups is 2. The average molecular weight is 598 g/mol. The van der Waals surface area contributed by atoms with Crippen LogP contribution < -0.4 is 9.62 Å². The summed E-state index contributed by atoms with van der Waals surface area (Å²) < 4.78 is 29.5. The lowest BCUT2D eigenvalue weighted by Gasteiger charge is -2.34. The topological polar surface area (TPSA) is 86.8 Å². The molecule has 0 radical (unpaired) electrons. The van der Waals surface area contributed by atoms with Gasteiger partial charge in [-0.15, -0.1) is 0 Å². The Labute approximate surface area is 255 Å². The summed E-state index contributed by atoms with van der Waals surface area (Å²) in [5, 5.41) is 2.71. The van der Waals surface area contributed by atoms with Crippen LogP contribution in [0.25, 0.3) is 0 Å². The fraction of sp³-hybridized carbons (Fsp3) is 0.257. The van der Waals surface area contributed by atoms with Crippen LogP contribution in [0.2, 0.25) is 0 Å². The first-order valence-electron chi connectivity index (χ1n) is 14.3. The highest BCUT2D eigenvalue weighted by Crippen LogP contribution is 2.28. The van der Waals surface area contributed by atoms with Crippen LogP contribution in [0.1, 0.15) is 33.4 Å². The van der Waals surface area contributed by atoms with E-state index in [1.165, 1.54) is 9.21 Å². The number of carbonyl (C=O) groups excluding carboxylic acids is 2. The van der Waals surface area contributed by atoms with Crippen LogP contribution in [-0.4, -0.2) is 44.8 Å². The molecule has 43 heavy (non-hydrogen) atoms. The van der Waals surface area contributed by atoms with E-state index in [9.17, 15) is 18.0 Å². The van der Waals surface area contributed by atoms with Crippen molar-refractivity contribution in [3.05, 3.63) is 130 Å². The fourth-order valence-electron chi connectivity index (χ4n) is 5.05. The molecule has 0 aliphatic heterocycles. The molecular weight excluding hydrogens is 558 g/mol. The number of anilines is 1. The molecule has 8 heteroatoms.